The molecule has 0 atom stereocenters. The second kappa shape index (κ2) is 6.14. The summed E-state index contributed by atoms with van der Waals surface area (Å²) < 4.78 is 0. The van der Waals surface area contributed by atoms with Crippen molar-refractivity contribution in [2.24, 2.45) is 11.1 Å². The summed E-state index contributed by atoms with van der Waals surface area (Å²) in [6.07, 6.45) is 5.90. The molecule has 1 aromatic heterocycles. The Bertz CT molecular complexity index is 599. The molecule has 1 heterocycles. The molecule has 20 heavy (non-hydrogen) atoms. The zero-order chi connectivity index (χ0) is 14.6. The summed E-state index contributed by atoms with van der Waals surface area (Å²) in [6, 6.07) is 7.72. The van der Waals surface area contributed by atoms with E-state index in [-0.39, 0.29) is 11.2 Å². The van der Waals surface area contributed by atoms with Gasteiger partial charge in [0.2, 0.25) is 0 Å². The second-order valence-electron chi connectivity index (χ2n) is 6.03. The first-order chi connectivity index (χ1) is 9.53. The summed E-state index contributed by atoms with van der Waals surface area (Å²) in [5, 5.41) is 2.00. The van der Waals surface area contributed by atoms with E-state index in [2.05, 4.69) is 18.8 Å². The van der Waals surface area contributed by atoms with E-state index in [1.807, 2.05) is 24.3 Å². The SMILES string of the molecule is CC(C)(CCN)CCC(=O)c1cccc2cnccc12. The lowest BCUT2D eigenvalue weighted by atomic mass is 9.83. The Hall–Kier alpha value is -1.74. The molecule has 1 aromatic carbocycles. The number of ketones is 1. The van der Waals surface area contributed by atoms with Gasteiger partial charge in [-0.2, -0.15) is 0 Å². The van der Waals surface area contributed by atoms with Crippen molar-refractivity contribution < 1.29 is 4.79 Å². The highest BCUT2D eigenvalue weighted by Gasteiger charge is 2.19. The van der Waals surface area contributed by atoms with Crippen LogP contribution in [-0.2, 0) is 0 Å². The maximum absolute atomic E-state index is 12.5. The smallest absolute Gasteiger partial charge is 0.163 e. The number of pyridine rings is 1. The molecule has 0 aliphatic rings. The molecular formula is C17H22N2O. The van der Waals surface area contributed by atoms with Crippen LogP contribution in [0.5, 0.6) is 0 Å². The van der Waals surface area contributed by atoms with E-state index in [0.29, 0.717) is 13.0 Å². The summed E-state index contributed by atoms with van der Waals surface area (Å²) in [5.41, 5.74) is 6.54. The van der Waals surface area contributed by atoms with E-state index in [4.69, 9.17) is 5.73 Å². The van der Waals surface area contributed by atoms with Crippen molar-refractivity contribution in [3.05, 3.63) is 42.2 Å². The molecule has 0 aliphatic carbocycles. The van der Waals surface area contributed by atoms with Gasteiger partial charge in [0.1, 0.15) is 0 Å². The molecular weight excluding hydrogens is 248 g/mol. The van der Waals surface area contributed by atoms with Crippen molar-refractivity contribution in [1.82, 2.24) is 4.98 Å². The van der Waals surface area contributed by atoms with Crippen molar-refractivity contribution in [1.29, 1.82) is 0 Å². The van der Waals surface area contributed by atoms with Gasteiger partial charge in [0, 0.05) is 29.8 Å². The Labute approximate surface area is 120 Å². The molecule has 0 bridgehead atoms. The van der Waals surface area contributed by atoms with E-state index in [0.717, 1.165) is 29.2 Å². The predicted octanol–water partition coefficient (Wildman–Crippen LogP) is 3.57. The first-order valence-electron chi connectivity index (χ1n) is 7.09. The lowest BCUT2D eigenvalue weighted by molar-refractivity contribution is 0.0963. The summed E-state index contributed by atoms with van der Waals surface area (Å²) in [5.74, 6) is 0.201. The molecule has 2 rings (SSSR count). The first kappa shape index (κ1) is 14.7. The van der Waals surface area contributed by atoms with Crippen molar-refractivity contribution in [3.63, 3.8) is 0 Å². The van der Waals surface area contributed by atoms with Gasteiger partial charge in [-0.15, -0.1) is 0 Å². The topological polar surface area (TPSA) is 56.0 Å². The molecule has 0 spiro atoms. The molecule has 0 radical (unpaired) electrons. The minimum absolute atomic E-state index is 0.122. The van der Waals surface area contributed by atoms with Crippen LogP contribution in [-0.4, -0.2) is 17.3 Å². The molecule has 2 aromatic rings. The fourth-order valence-corrected chi connectivity index (χ4v) is 2.47. The molecule has 0 saturated heterocycles. The number of nitrogens with zero attached hydrogens (tertiary/aromatic N) is 1. The van der Waals surface area contributed by atoms with Crippen LogP contribution in [0, 0.1) is 5.41 Å². The summed E-state index contributed by atoms with van der Waals surface area (Å²) >= 11 is 0. The zero-order valence-electron chi connectivity index (χ0n) is 12.2. The van der Waals surface area contributed by atoms with Crippen molar-refractivity contribution in [3.8, 4) is 0 Å². The number of Topliss-reactive ketones (excluding diaryl/α,β-unsaturated/α-hetero) is 1. The Balaban J connectivity index is 2.16. The molecule has 0 amide bonds. The Morgan fingerprint density at radius 1 is 1.25 bits per heavy atom. The average Bonchev–Trinajstić information content (AvgIpc) is 2.44. The lowest BCUT2D eigenvalue weighted by Crippen LogP contribution is -2.18. The van der Waals surface area contributed by atoms with Crippen LogP contribution in [0.2, 0.25) is 0 Å². The van der Waals surface area contributed by atoms with Crippen LogP contribution in [0.3, 0.4) is 0 Å². The lowest BCUT2D eigenvalue weighted by Gasteiger charge is -2.23. The van der Waals surface area contributed by atoms with Crippen molar-refractivity contribution in [2.75, 3.05) is 6.54 Å². The number of hydrogen-bond donors (Lipinski definition) is 1. The minimum Gasteiger partial charge on any atom is -0.330 e. The van der Waals surface area contributed by atoms with Crippen molar-refractivity contribution in [2.45, 2.75) is 33.1 Å². The van der Waals surface area contributed by atoms with Gasteiger partial charge in [-0.1, -0.05) is 32.0 Å². The van der Waals surface area contributed by atoms with Crippen LogP contribution in [0.15, 0.2) is 36.7 Å². The predicted molar refractivity (Wildman–Crippen MR) is 82.8 cm³/mol. The summed E-state index contributed by atoms with van der Waals surface area (Å²) in [6.45, 7) is 5.00. The van der Waals surface area contributed by atoms with Gasteiger partial charge < -0.3 is 5.73 Å². The van der Waals surface area contributed by atoms with Gasteiger partial charge in [0.15, 0.2) is 5.78 Å². The maximum Gasteiger partial charge on any atom is 0.163 e. The summed E-state index contributed by atoms with van der Waals surface area (Å²) in [4.78, 5) is 16.6. The molecule has 106 valence electrons. The third-order valence-electron chi connectivity index (χ3n) is 3.83. The largest absolute Gasteiger partial charge is 0.330 e. The van der Waals surface area contributed by atoms with Gasteiger partial charge in [-0.05, 0) is 36.3 Å². The Morgan fingerprint density at radius 3 is 2.80 bits per heavy atom. The standard InChI is InChI=1S/C17H22N2O/c1-17(2,9-10-18)8-6-16(20)15-5-3-4-13-12-19-11-7-14(13)15/h3-5,7,11-12H,6,8-10,18H2,1-2H3. The van der Waals surface area contributed by atoms with Gasteiger partial charge in [0.25, 0.3) is 0 Å². The Kier molecular flexibility index (Phi) is 4.50. The van der Waals surface area contributed by atoms with Gasteiger partial charge in [0.05, 0.1) is 0 Å². The number of fused-ring (bicyclic) bond motifs is 1. The third kappa shape index (κ3) is 3.42. The van der Waals surface area contributed by atoms with Crippen LogP contribution in [0.1, 0.15) is 43.5 Å². The molecule has 0 saturated carbocycles. The van der Waals surface area contributed by atoms with Crippen LogP contribution < -0.4 is 5.73 Å². The quantitative estimate of drug-likeness (QED) is 0.816. The van der Waals surface area contributed by atoms with Crippen LogP contribution >= 0.6 is 0 Å². The number of benzene rings is 1. The van der Waals surface area contributed by atoms with E-state index >= 15 is 0 Å². The normalized spacial score (nSPS) is 11.8. The van der Waals surface area contributed by atoms with E-state index in [1.54, 1.807) is 12.4 Å². The highest BCUT2D eigenvalue weighted by Crippen LogP contribution is 2.28. The highest BCUT2D eigenvalue weighted by atomic mass is 16.1. The monoisotopic (exact) mass is 270 g/mol. The van der Waals surface area contributed by atoms with Gasteiger partial charge >= 0.3 is 0 Å². The molecule has 0 aliphatic heterocycles. The number of aromatic nitrogens is 1. The number of carbonyl (C=O) groups excluding carboxylic acids is 1. The fraction of sp³-hybridized carbons (Fsp3) is 0.412. The molecule has 2 N–H and O–H groups in total. The van der Waals surface area contributed by atoms with Crippen molar-refractivity contribution >= 4 is 16.6 Å². The first-order valence-corrected chi connectivity index (χ1v) is 7.09. The maximum atomic E-state index is 12.5. The number of rotatable bonds is 6. The summed E-state index contributed by atoms with van der Waals surface area (Å²) in [7, 11) is 0. The number of carbonyl (C=O) groups is 1. The van der Waals surface area contributed by atoms with Gasteiger partial charge in [-0.3, -0.25) is 9.78 Å². The third-order valence-corrected chi connectivity index (χ3v) is 3.83. The van der Waals surface area contributed by atoms with Crippen LogP contribution in [0.4, 0.5) is 0 Å². The van der Waals surface area contributed by atoms with E-state index in [9.17, 15) is 4.79 Å². The van der Waals surface area contributed by atoms with E-state index in [1.165, 1.54) is 0 Å². The molecule has 0 fully saturated rings. The second-order valence-corrected chi connectivity index (χ2v) is 6.03. The minimum atomic E-state index is 0.122. The molecule has 0 unspecified atom stereocenters. The average molecular weight is 270 g/mol. The number of hydrogen-bond acceptors (Lipinski definition) is 3. The van der Waals surface area contributed by atoms with E-state index < -0.39 is 0 Å². The molecule has 3 heteroatoms. The molecule has 3 nitrogen and oxygen atoms in total. The van der Waals surface area contributed by atoms with Gasteiger partial charge in [-0.25, -0.2) is 0 Å². The fourth-order valence-electron chi connectivity index (χ4n) is 2.47. The van der Waals surface area contributed by atoms with Crippen LogP contribution in [0.25, 0.3) is 10.8 Å². The highest BCUT2D eigenvalue weighted by molar-refractivity contribution is 6.07. The Morgan fingerprint density at radius 2 is 2.05 bits per heavy atom. The zero-order valence-corrected chi connectivity index (χ0v) is 12.2. The number of nitrogens with two attached hydrogens (primary N) is 1.